The number of benzene rings is 1. The SMILES string of the molecule is CCNC(=O)N1CCC2(CCn3nc(-c4cnc5ccc(N)cc5c4)cc32)C1. The standard InChI is InChI=1S/C21H24N6O/c1-2-23-20(28)26-7-5-21(13-26)6-8-27-19(21)11-18(25-27)15-9-14-10-16(22)3-4-17(14)24-12-15/h3-4,9-12H,2,5-8,13,22H2,1H3,(H,23,28). The van der Waals surface area contributed by atoms with Crippen LogP contribution in [0.3, 0.4) is 0 Å². The van der Waals surface area contributed by atoms with Crippen LogP contribution in [0.2, 0.25) is 0 Å². The molecule has 144 valence electrons. The largest absolute Gasteiger partial charge is 0.399 e. The molecule has 0 saturated carbocycles. The summed E-state index contributed by atoms with van der Waals surface area (Å²) in [6.45, 7) is 5.06. The average molecular weight is 376 g/mol. The summed E-state index contributed by atoms with van der Waals surface area (Å²) in [5.74, 6) is 0. The molecular weight excluding hydrogens is 352 g/mol. The predicted octanol–water partition coefficient (Wildman–Crippen LogP) is 2.76. The second-order valence-corrected chi connectivity index (χ2v) is 7.85. The highest BCUT2D eigenvalue weighted by Crippen LogP contribution is 2.43. The molecular formula is C21H24N6O. The van der Waals surface area contributed by atoms with Crippen molar-refractivity contribution in [3.8, 4) is 11.3 Å². The van der Waals surface area contributed by atoms with Crippen LogP contribution >= 0.6 is 0 Å². The fourth-order valence-electron chi connectivity index (χ4n) is 4.62. The molecule has 0 radical (unpaired) electrons. The summed E-state index contributed by atoms with van der Waals surface area (Å²) < 4.78 is 2.11. The highest BCUT2D eigenvalue weighted by atomic mass is 16.2. The van der Waals surface area contributed by atoms with Crippen molar-refractivity contribution in [3.05, 3.63) is 42.2 Å². The summed E-state index contributed by atoms with van der Waals surface area (Å²) in [6.07, 6.45) is 3.90. The zero-order chi connectivity index (χ0) is 19.3. The summed E-state index contributed by atoms with van der Waals surface area (Å²) in [5.41, 5.74) is 10.8. The number of pyridine rings is 1. The van der Waals surface area contributed by atoms with Gasteiger partial charge in [0.25, 0.3) is 0 Å². The van der Waals surface area contributed by atoms with Gasteiger partial charge in [0, 0.05) is 60.1 Å². The van der Waals surface area contributed by atoms with E-state index in [4.69, 9.17) is 10.8 Å². The Labute approximate surface area is 163 Å². The number of fused-ring (bicyclic) bond motifs is 3. The maximum atomic E-state index is 12.2. The highest BCUT2D eigenvalue weighted by Gasteiger charge is 2.46. The molecule has 1 aromatic carbocycles. The van der Waals surface area contributed by atoms with E-state index in [2.05, 4.69) is 27.1 Å². The molecule has 1 unspecified atom stereocenters. The maximum Gasteiger partial charge on any atom is 0.317 e. The molecule has 5 rings (SSSR count). The molecule has 2 aliphatic rings. The molecule has 7 heteroatoms. The van der Waals surface area contributed by atoms with Gasteiger partial charge in [0.05, 0.1) is 11.2 Å². The Kier molecular flexibility index (Phi) is 3.79. The highest BCUT2D eigenvalue weighted by molar-refractivity contribution is 5.85. The molecule has 2 aromatic heterocycles. The van der Waals surface area contributed by atoms with Crippen LogP contribution in [0.5, 0.6) is 0 Å². The summed E-state index contributed by atoms with van der Waals surface area (Å²) in [5, 5.41) is 8.78. The van der Waals surface area contributed by atoms with Crippen LogP contribution in [0.1, 0.15) is 25.5 Å². The van der Waals surface area contributed by atoms with E-state index in [1.807, 2.05) is 36.2 Å². The monoisotopic (exact) mass is 376 g/mol. The van der Waals surface area contributed by atoms with Crippen molar-refractivity contribution in [1.29, 1.82) is 0 Å². The number of carbonyl (C=O) groups is 1. The molecule has 7 nitrogen and oxygen atoms in total. The van der Waals surface area contributed by atoms with E-state index in [9.17, 15) is 4.79 Å². The fourth-order valence-corrected chi connectivity index (χ4v) is 4.62. The Balaban J connectivity index is 1.47. The van der Waals surface area contributed by atoms with Gasteiger partial charge in [-0.1, -0.05) is 0 Å². The first-order valence-electron chi connectivity index (χ1n) is 9.85. The summed E-state index contributed by atoms with van der Waals surface area (Å²) in [6, 6.07) is 10.1. The average Bonchev–Trinajstić information content (AvgIpc) is 3.38. The predicted molar refractivity (Wildman–Crippen MR) is 109 cm³/mol. The number of hydrogen-bond acceptors (Lipinski definition) is 4. The quantitative estimate of drug-likeness (QED) is 0.673. The van der Waals surface area contributed by atoms with E-state index in [0.717, 1.165) is 60.3 Å². The number of amides is 2. The molecule has 3 aromatic rings. The number of anilines is 1. The minimum atomic E-state index is 0.0189. The van der Waals surface area contributed by atoms with E-state index in [1.165, 1.54) is 5.69 Å². The first kappa shape index (κ1) is 17.0. The molecule has 2 amide bonds. The van der Waals surface area contributed by atoms with Gasteiger partial charge in [0.2, 0.25) is 0 Å². The molecule has 2 aliphatic heterocycles. The van der Waals surface area contributed by atoms with Crippen LogP contribution in [-0.2, 0) is 12.0 Å². The van der Waals surface area contributed by atoms with Gasteiger partial charge in [-0.2, -0.15) is 5.10 Å². The number of rotatable bonds is 2. The van der Waals surface area contributed by atoms with Gasteiger partial charge >= 0.3 is 6.03 Å². The number of nitrogens with two attached hydrogens (primary N) is 1. The molecule has 3 N–H and O–H groups in total. The number of aryl methyl sites for hydroxylation is 1. The molecule has 1 fully saturated rings. The van der Waals surface area contributed by atoms with Gasteiger partial charge in [-0.3, -0.25) is 9.67 Å². The lowest BCUT2D eigenvalue weighted by Gasteiger charge is -2.23. The van der Waals surface area contributed by atoms with Gasteiger partial charge in [-0.25, -0.2) is 4.79 Å². The van der Waals surface area contributed by atoms with E-state index < -0.39 is 0 Å². The third kappa shape index (κ3) is 2.61. The summed E-state index contributed by atoms with van der Waals surface area (Å²) >= 11 is 0. The Morgan fingerprint density at radius 1 is 1.25 bits per heavy atom. The summed E-state index contributed by atoms with van der Waals surface area (Å²) in [4.78, 5) is 18.7. The minimum Gasteiger partial charge on any atom is -0.399 e. The van der Waals surface area contributed by atoms with Gasteiger partial charge in [-0.05, 0) is 50.1 Å². The van der Waals surface area contributed by atoms with Gasteiger partial charge in [0.1, 0.15) is 0 Å². The number of nitrogen functional groups attached to an aromatic ring is 1. The zero-order valence-electron chi connectivity index (χ0n) is 16.0. The van der Waals surface area contributed by atoms with E-state index in [1.54, 1.807) is 0 Å². The van der Waals surface area contributed by atoms with Crippen LogP contribution in [0, 0.1) is 0 Å². The summed E-state index contributed by atoms with van der Waals surface area (Å²) in [7, 11) is 0. The zero-order valence-corrected chi connectivity index (χ0v) is 16.0. The van der Waals surface area contributed by atoms with E-state index in [0.29, 0.717) is 6.54 Å². The van der Waals surface area contributed by atoms with E-state index in [-0.39, 0.29) is 11.4 Å². The molecule has 1 saturated heterocycles. The first-order valence-corrected chi connectivity index (χ1v) is 9.85. The van der Waals surface area contributed by atoms with Crippen molar-refractivity contribution in [2.24, 2.45) is 0 Å². The van der Waals surface area contributed by atoms with Crippen LogP contribution in [0.15, 0.2) is 36.5 Å². The Morgan fingerprint density at radius 2 is 2.11 bits per heavy atom. The van der Waals surface area contributed by atoms with Gasteiger partial charge in [0.15, 0.2) is 0 Å². The van der Waals surface area contributed by atoms with Gasteiger partial charge < -0.3 is 16.0 Å². The third-order valence-corrected chi connectivity index (χ3v) is 6.10. The minimum absolute atomic E-state index is 0.0189. The van der Waals surface area contributed by atoms with Crippen molar-refractivity contribution < 1.29 is 4.79 Å². The molecule has 4 heterocycles. The van der Waals surface area contributed by atoms with Gasteiger partial charge in [-0.15, -0.1) is 0 Å². The Bertz CT molecular complexity index is 1070. The second kappa shape index (κ2) is 6.22. The number of hydrogen-bond donors (Lipinski definition) is 2. The normalized spacial score (nSPS) is 20.8. The molecule has 28 heavy (non-hydrogen) atoms. The van der Waals surface area contributed by atoms with Crippen molar-refractivity contribution >= 4 is 22.6 Å². The number of likely N-dealkylation sites (tertiary alicyclic amines) is 1. The lowest BCUT2D eigenvalue weighted by Crippen LogP contribution is -2.40. The maximum absolute atomic E-state index is 12.2. The number of aromatic nitrogens is 3. The first-order chi connectivity index (χ1) is 13.6. The smallest absolute Gasteiger partial charge is 0.317 e. The lowest BCUT2D eigenvalue weighted by molar-refractivity contribution is 0.206. The van der Waals surface area contributed by atoms with Crippen LogP contribution in [0.25, 0.3) is 22.2 Å². The van der Waals surface area contributed by atoms with Crippen LogP contribution in [-0.4, -0.2) is 45.3 Å². The van der Waals surface area contributed by atoms with Crippen LogP contribution < -0.4 is 11.1 Å². The number of nitrogens with one attached hydrogen (secondary N) is 1. The van der Waals surface area contributed by atoms with Crippen molar-refractivity contribution in [2.75, 3.05) is 25.4 Å². The molecule has 0 bridgehead atoms. The number of carbonyl (C=O) groups excluding carboxylic acids is 1. The fraction of sp³-hybridized carbons (Fsp3) is 0.381. The topological polar surface area (TPSA) is 89.1 Å². The van der Waals surface area contributed by atoms with Crippen molar-refractivity contribution in [1.82, 2.24) is 25.0 Å². The third-order valence-electron chi connectivity index (χ3n) is 6.10. The van der Waals surface area contributed by atoms with Crippen LogP contribution in [0.4, 0.5) is 10.5 Å². The number of nitrogens with zero attached hydrogens (tertiary/aromatic N) is 4. The van der Waals surface area contributed by atoms with Crippen molar-refractivity contribution in [2.45, 2.75) is 31.7 Å². The molecule has 0 aliphatic carbocycles. The Morgan fingerprint density at radius 3 is 2.96 bits per heavy atom. The Hall–Kier alpha value is -3.09. The lowest BCUT2D eigenvalue weighted by atomic mass is 9.82. The molecule has 1 atom stereocenters. The van der Waals surface area contributed by atoms with Crippen molar-refractivity contribution in [3.63, 3.8) is 0 Å². The number of urea groups is 1. The second-order valence-electron chi connectivity index (χ2n) is 7.85. The molecule has 1 spiro atoms. The van der Waals surface area contributed by atoms with E-state index >= 15 is 0 Å².